The topological polar surface area (TPSA) is 26.3 Å². The van der Waals surface area contributed by atoms with Gasteiger partial charge in [-0.1, -0.05) is 17.7 Å². The van der Waals surface area contributed by atoms with E-state index in [9.17, 15) is 4.79 Å². The van der Waals surface area contributed by atoms with Crippen molar-refractivity contribution in [1.82, 2.24) is 0 Å². The molecule has 13 heavy (non-hydrogen) atoms. The molecule has 1 aromatic rings. The predicted molar refractivity (Wildman–Crippen MR) is 55.7 cm³/mol. The number of aryl methyl sites for hydroxylation is 1. The Morgan fingerprint density at radius 2 is 2.23 bits per heavy atom. The lowest BCUT2D eigenvalue weighted by atomic mass is 10.0. The maximum absolute atomic E-state index is 11.2. The van der Waals surface area contributed by atoms with E-state index < -0.39 is 0 Å². The molecule has 1 rings (SSSR count). The van der Waals surface area contributed by atoms with Gasteiger partial charge in [0.2, 0.25) is 0 Å². The Hall–Kier alpha value is -0.720. The summed E-state index contributed by atoms with van der Waals surface area (Å²) in [5.74, 6) is 0.0840. The first kappa shape index (κ1) is 10.4. The molecule has 0 bridgehead atoms. The summed E-state index contributed by atoms with van der Waals surface area (Å²) in [6.45, 7) is 4.00. The Morgan fingerprint density at radius 3 is 2.77 bits per heavy atom. The van der Waals surface area contributed by atoms with Crippen LogP contribution in [0.4, 0.5) is 0 Å². The number of carbonyl (C=O) groups is 1. The maximum Gasteiger partial charge on any atom is 0.160 e. The van der Waals surface area contributed by atoms with Gasteiger partial charge in [-0.25, -0.2) is 0 Å². The summed E-state index contributed by atoms with van der Waals surface area (Å²) in [4.78, 5) is 11.2. The minimum atomic E-state index is 0.0840. The Morgan fingerprint density at radius 1 is 1.54 bits per heavy atom. The van der Waals surface area contributed by atoms with Gasteiger partial charge in [0.1, 0.15) is 0 Å². The van der Waals surface area contributed by atoms with Crippen LogP contribution < -0.4 is 0 Å². The standard InChI is InChI=1S/C10H13O2P/c1-7-3-4-9(6-12-13)10(5-7)8(2)11/h3-5H,6,13H2,1-2H3. The van der Waals surface area contributed by atoms with E-state index in [4.69, 9.17) is 4.52 Å². The van der Waals surface area contributed by atoms with Gasteiger partial charge in [0, 0.05) is 15.0 Å². The van der Waals surface area contributed by atoms with E-state index >= 15 is 0 Å². The fraction of sp³-hybridized carbons (Fsp3) is 0.300. The van der Waals surface area contributed by atoms with Gasteiger partial charge in [0.25, 0.3) is 0 Å². The van der Waals surface area contributed by atoms with E-state index in [1.54, 1.807) is 6.92 Å². The van der Waals surface area contributed by atoms with Crippen molar-refractivity contribution in [1.29, 1.82) is 0 Å². The van der Waals surface area contributed by atoms with E-state index in [0.717, 1.165) is 16.7 Å². The second-order valence-electron chi connectivity index (χ2n) is 3.03. The van der Waals surface area contributed by atoms with Crippen molar-refractivity contribution in [2.45, 2.75) is 20.5 Å². The van der Waals surface area contributed by atoms with Crippen molar-refractivity contribution in [2.24, 2.45) is 0 Å². The molecule has 70 valence electrons. The first-order chi connectivity index (χ1) is 6.15. The molecule has 0 aliphatic heterocycles. The van der Waals surface area contributed by atoms with Gasteiger partial charge in [-0.15, -0.1) is 0 Å². The van der Waals surface area contributed by atoms with Crippen LogP contribution in [-0.2, 0) is 11.1 Å². The van der Waals surface area contributed by atoms with Crippen LogP contribution in [0.15, 0.2) is 18.2 Å². The summed E-state index contributed by atoms with van der Waals surface area (Å²) < 4.78 is 4.92. The number of hydrogen-bond donors (Lipinski definition) is 0. The normalized spacial score (nSPS) is 10.1. The largest absolute Gasteiger partial charge is 0.361 e. The fourth-order valence-electron chi connectivity index (χ4n) is 1.23. The lowest BCUT2D eigenvalue weighted by Gasteiger charge is -2.06. The second-order valence-corrected chi connectivity index (χ2v) is 3.36. The van der Waals surface area contributed by atoms with Crippen molar-refractivity contribution in [3.8, 4) is 0 Å². The van der Waals surface area contributed by atoms with Gasteiger partial charge in [-0.2, -0.15) is 0 Å². The van der Waals surface area contributed by atoms with Crippen molar-refractivity contribution in [3.63, 3.8) is 0 Å². The van der Waals surface area contributed by atoms with Crippen LogP contribution in [0.1, 0.15) is 28.4 Å². The van der Waals surface area contributed by atoms with Crippen LogP contribution in [0.3, 0.4) is 0 Å². The van der Waals surface area contributed by atoms with Crippen LogP contribution in [0, 0.1) is 6.92 Å². The molecule has 0 saturated heterocycles. The lowest BCUT2D eigenvalue weighted by Crippen LogP contribution is -2.00. The molecule has 0 aliphatic carbocycles. The molecule has 0 amide bonds. The summed E-state index contributed by atoms with van der Waals surface area (Å²) in [5.41, 5.74) is 2.79. The van der Waals surface area contributed by atoms with Crippen LogP contribution in [-0.4, -0.2) is 5.78 Å². The van der Waals surface area contributed by atoms with Gasteiger partial charge in [-0.3, -0.25) is 4.79 Å². The van der Waals surface area contributed by atoms with Crippen molar-refractivity contribution < 1.29 is 9.32 Å². The molecule has 0 radical (unpaired) electrons. The van der Waals surface area contributed by atoms with Crippen molar-refractivity contribution >= 4 is 15.2 Å². The summed E-state index contributed by atoms with van der Waals surface area (Å²) >= 11 is 0. The van der Waals surface area contributed by atoms with E-state index in [1.165, 1.54) is 0 Å². The smallest absolute Gasteiger partial charge is 0.160 e. The summed E-state index contributed by atoms with van der Waals surface area (Å²) in [6, 6.07) is 5.79. The monoisotopic (exact) mass is 196 g/mol. The summed E-state index contributed by atoms with van der Waals surface area (Å²) in [5, 5.41) is 0. The van der Waals surface area contributed by atoms with Gasteiger partial charge < -0.3 is 4.52 Å². The maximum atomic E-state index is 11.2. The minimum Gasteiger partial charge on any atom is -0.361 e. The molecule has 0 spiro atoms. The summed E-state index contributed by atoms with van der Waals surface area (Å²) in [6.07, 6.45) is 0. The summed E-state index contributed by atoms with van der Waals surface area (Å²) in [7, 11) is 2.18. The molecule has 0 N–H and O–H groups in total. The van der Waals surface area contributed by atoms with E-state index in [-0.39, 0.29) is 5.78 Å². The Bertz CT molecular complexity index is 321. The molecule has 3 heteroatoms. The van der Waals surface area contributed by atoms with Gasteiger partial charge in [-0.05, 0) is 25.5 Å². The zero-order valence-corrected chi connectivity index (χ0v) is 8.99. The molecule has 0 aromatic heterocycles. The third kappa shape index (κ3) is 2.61. The third-order valence-electron chi connectivity index (χ3n) is 1.88. The molecule has 1 aromatic carbocycles. The molecule has 1 atom stereocenters. The molecule has 0 saturated carbocycles. The number of hydrogen-bond acceptors (Lipinski definition) is 2. The first-order valence-corrected chi connectivity index (χ1v) is 4.54. The van der Waals surface area contributed by atoms with Crippen LogP contribution in [0.25, 0.3) is 0 Å². The Labute approximate surface area is 80.6 Å². The van der Waals surface area contributed by atoms with Crippen LogP contribution in [0.2, 0.25) is 0 Å². The molecule has 0 fully saturated rings. The fourth-order valence-corrected chi connectivity index (χ4v) is 1.41. The van der Waals surface area contributed by atoms with E-state index in [2.05, 4.69) is 9.47 Å². The quantitative estimate of drug-likeness (QED) is 0.548. The zero-order valence-electron chi connectivity index (χ0n) is 7.83. The van der Waals surface area contributed by atoms with Crippen LogP contribution >= 0.6 is 9.47 Å². The second kappa shape index (κ2) is 4.50. The lowest BCUT2D eigenvalue weighted by molar-refractivity contribution is 0.101. The van der Waals surface area contributed by atoms with Crippen molar-refractivity contribution in [3.05, 3.63) is 34.9 Å². The molecular weight excluding hydrogens is 183 g/mol. The van der Waals surface area contributed by atoms with Crippen LogP contribution in [0.5, 0.6) is 0 Å². The highest BCUT2D eigenvalue weighted by molar-refractivity contribution is 7.09. The zero-order chi connectivity index (χ0) is 9.84. The number of rotatable bonds is 3. The van der Waals surface area contributed by atoms with Crippen molar-refractivity contribution in [2.75, 3.05) is 0 Å². The SMILES string of the molecule is CC(=O)c1cc(C)ccc1COP. The highest BCUT2D eigenvalue weighted by Crippen LogP contribution is 2.14. The third-order valence-corrected chi connectivity index (χ3v) is 2.05. The average Bonchev–Trinajstić information content (AvgIpc) is 2.08. The Kier molecular flexibility index (Phi) is 3.58. The van der Waals surface area contributed by atoms with Gasteiger partial charge >= 0.3 is 0 Å². The molecule has 2 nitrogen and oxygen atoms in total. The van der Waals surface area contributed by atoms with Gasteiger partial charge in [0.15, 0.2) is 5.78 Å². The predicted octanol–water partition coefficient (Wildman–Crippen LogP) is 2.50. The van der Waals surface area contributed by atoms with E-state index in [0.29, 0.717) is 6.61 Å². The molecular formula is C10H13O2P. The Balaban J connectivity index is 3.10. The highest BCUT2D eigenvalue weighted by Gasteiger charge is 2.06. The molecule has 1 unspecified atom stereocenters. The highest BCUT2D eigenvalue weighted by atomic mass is 31.0. The number of benzene rings is 1. The first-order valence-electron chi connectivity index (χ1n) is 4.07. The van der Waals surface area contributed by atoms with E-state index in [1.807, 2.05) is 25.1 Å². The number of carbonyl (C=O) groups excluding carboxylic acids is 1. The molecule has 0 aliphatic rings. The average molecular weight is 196 g/mol. The number of ketones is 1. The van der Waals surface area contributed by atoms with Gasteiger partial charge in [0.05, 0.1) is 6.61 Å². The molecule has 0 heterocycles. The minimum absolute atomic E-state index is 0.0840. The number of Topliss-reactive ketones (excluding diaryl/α,β-unsaturated/α-hetero) is 1.